The summed E-state index contributed by atoms with van der Waals surface area (Å²) in [7, 11) is -3.08. The van der Waals surface area contributed by atoms with Crippen LogP contribution in [0.4, 0.5) is 0 Å². The molecule has 146 valence electrons. The molecular weight excluding hydrogens is 370 g/mol. The second-order valence-electron chi connectivity index (χ2n) is 7.06. The summed E-state index contributed by atoms with van der Waals surface area (Å²) in [6.07, 6.45) is 0.911. The van der Waals surface area contributed by atoms with Crippen molar-refractivity contribution < 1.29 is 27.2 Å². The van der Waals surface area contributed by atoms with Crippen molar-refractivity contribution in [1.82, 2.24) is 5.32 Å². The number of sulfone groups is 1. The summed E-state index contributed by atoms with van der Waals surface area (Å²) in [6, 6.07) is 3.45. The average Bonchev–Trinajstić information content (AvgIpc) is 3.14. The van der Waals surface area contributed by atoms with E-state index in [4.69, 9.17) is 9.15 Å². The summed E-state index contributed by atoms with van der Waals surface area (Å²) in [5.41, 5.74) is 3.57. The van der Waals surface area contributed by atoms with Crippen molar-refractivity contribution in [1.29, 1.82) is 0 Å². The lowest BCUT2D eigenvalue weighted by atomic mass is 10.0. The molecule has 0 saturated carbocycles. The van der Waals surface area contributed by atoms with Crippen molar-refractivity contribution in [3.8, 4) is 0 Å². The second kappa shape index (κ2) is 7.34. The third-order valence-corrected chi connectivity index (χ3v) is 6.70. The van der Waals surface area contributed by atoms with Crippen molar-refractivity contribution in [2.45, 2.75) is 45.8 Å². The monoisotopic (exact) mass is 393 g/mol. The number of benzene rings is 1. The highest BCUT2D eigenvalue weighted by molar-refractivity contribution is 7.91. The molecule has 1 aliphatic heterocycles. The first-order chi connectivity index (χ1) is 12.7. The fourth-order valence-corrected chi connectivity index (χ4v) is 4.87. The molecule has 8 heteroatoms. The molecule has 2 heterocycles. The molecule has 0 spiro atoms. The predicted molar refractivity (Wildman–Crippen MR) is 100 cm³/mol. The number of amides is 1. The van der Waals surface area contributed by atoms with Crippen LogP contribution >= 0.6 is 0 Å². The molecule has 1 saturated heterocycles. The van der Waals surface area contributed by atoms with Gasteiger partial charge in [0.25, 0.3) is 5.91 Å². The molecule has 1 N–H and O–H groups in total. The lowest BCUT2D eigenvalue weighted by Crippen LogP contribution is -2.42. The maximum Gasteiger partial charge on any atom is 0.311 e. The van der Waals surface area contributed by atoms with Gasteiger partial charge in [-0.2, -0.15) is 0 Å². The van der Waals surface area contributed by atoms with E-state index in [0.717, 1.165) is 22.1 Å². The number of nitrogens with one attached hydrogen (secondary N) is 1. The summed E-state index contributed by atoms with van der Waals surface area (Å²) in [5, 5.41) is 3.48. The minimum absolute atomic E-state index is 0.00900. The van der Waals surface area contributed by atoms with Crippen LogP contribution in [0.1, 0.15) is 30.0 Å². The van der Waals surface area contributed by atoms with Crippen molar-refractivity contribution in [3.63, 3.8) is 0 Å². The molecule has 0 unspecified atom stereocenters. The van der Waals surface area contributed by atoms with Crippen molar-refractivity contribution >= 4 is 32.7 Å². The Morgan fingerprint density at radius 3 is 2.74 bits per heavy atom. The average molecular weight is 393 g/mol. The lowest BCUT2D eigenvalue weighted by molar-refractivity contribution is -0.154. The highest BCUT2D eigenvalue weighted by Gasteiger charge is 2.30. The van der Waals surface area contributed by atoms with Gasteiger partial charge in [-0.3, -0.25) is 9.59 Å². The van der Waals surface area contributed by atoms with Crippen LogP contribution in [0, 0.1) is 13.8 Å². The normalized spacial score (nSPS) is 19.7. The van der Waals surface area contributed by atoms with Gasteiger partial charge in [-0.15, -0.1) is 0 Å². The maximum absolute atomic E-state index is 12.2. The fraction of sp³-hybridized carbons (Fsp3) is 0.474. The van der Waals surface area contributed by atoms with E-state index in [0.29, 0.717) is 12.0 Å². The van der Waals surface area contributed by atoms with Gasteiger partial charge in [0.15, 0.2) is 15.9 Å². The molecule has 2 atom stereocenters. The number of hydrogen-bond donors (Lipinski definition) is 1. The van der Waals surface area contributed by atoms with Gasteiger partial charge in [0, 0.05) is 17.0 Å². The number of carbonyl (C=O) groups excluding carboxylic acids is 2. The van der Waals surface area contributed by atoms with Crippen LogP contribution < -0.4 is 5.32 Å². The SMILES string of the molecule is Cc1ccc2c(CC(=O)O[C@H](C)C(=O)N[C@H]3CCS(=O)(=O)C3)coc2c1C. The van der Waals surface area contributed by atoms with E-state index in [1.807, 2.05) is 26.0 Å². The highest BCUT2D eigenvalue weighted by Crippen LogP contribution is 2.27. The minimum Gasteiger partial charge on any atom is -0.464 e. The minimum atomic E-state index is -3.08. The van der Waals surface area contributed by atoms with Gasteiger partial charge in [0.1, 0.15) is 5.58 Å². The van der Waals surface area contributed by atoms with Gasteiger partial charge in [-0.1, -0.05) is 12.1 Å². The van der Waals surface area contributed by atoms with Gasteiger partial charge in [-0.25, -0.2) is 8.42 Å². The number of esters is 1. The van der Waals surface area contributed by atoms with Crippen LogP contribution in [0.25, 0.3) is 11.0 Å². The number of rotatable bonds is 5. The molecule has 0 radical (unpaired) electrons. The van der Waals surface area contributed by atoms with Crippen LogP contribution in [-0.4, -0.2) is 43.9 Å². The molecule has 1 aliphatic rings. The van der Waals surface area contributed by atoms with Crippen LogP contribution in [0.5, 0.6) is 0 Å². The summed E-state index contributed by atoms with van der Waals surface area (Å²) in [5.74, 6) is -1.04. The van der Waals surface area contributed by atoms with E-state index in [1.165, 1.54) is 13.2 Å². The largest absolute Gasteiger partial charge is 0.464 e. The highest BCUT2D eigenvalue weighted by atomic mass is 32.2. The van der Waals surface area contributed by atoms with Crippen LogP contribution in [0.15, 0.2) is 22.8 Å². The van der Waals surface area contributed by atoms with E-state index >= 15 is 0 Å². The molecule has 1 fully saturated rings. The summed E-state index contributed by atoms with van der Waals surface area (Å²) in [6.45, 7) is 5.41. The van der Waals surface area contributed by atoms with Crippen molar-refractivity contribution in [3.05, 3.63) is 35.1 Å². The molecule has 0 aliphatic carbocycles. The molecule has 1 aromatic carbocycles. The van der Waals surface area contributed by atoms with E-state index in [9.17, 15) is 18.0 Å². The number of carbonyl (C=O) groups is 2. The zero-order valence-corrected chi connectivity index (χ0v) is 16.4. The molecule has 1 amide bonds. The number of fused-ring (bicyclic) bond motifs is 1. The standard InChI is InChI=1S/C19H23NO6S/c1-11-4-5-16-14(9-25-18(16)12(11)2)8-17(21)26-13(3)19(22)20-15-6-7-27(23,24)10-15/h4-5,9,13,15H,6-8,10H2,1-3H3,(H,20,22)/t13-,15+/m1/s1. The van der Waals surface area contributed by atoms with E-state index < -0.39 is 33.9 Å². The number of aryl methyl sites for hydroxylation is 2. The Labute approximate surface area is 158 Å². The van der Waals surface area contributed by atoms with Gasteiger partial charge in [-0.05, 0) is 38.3 Å². The Morgan fingerprint density at radius 2 is 2.07 bits per heavy atom. The first-order valence-electron chi connectivity index (χ1n) is 8.83. The lowest BCUT2D eigenvalue weighted by Gasteiger charge is -2.16. The topological polar surface area (TPSA) is 103 Å². The Kier molecular flexibility index (Phi) is 5.28. The third-order valence-electron chi connectivity index (χ3n) is 4.93. The van der Waals surface area contributed by atoms with Gasteiger partial charge in [0.05, 0.1) is 24.2 Å². The van der Waals surface area contributed by atoms with Crippen LogP contribution in [-0.2, 0) is 30.6 Å². The number of ether oxygens (including phenoxy) is 1. The smallest absolute Gasteiger partial charge is 0.311 e. The van der Waals surface area contributed by atoms with Crippen molar-refractivity contribution in [2.75, 3.05) is 11.5 Å². The summed E-state index contributed by atoms with van der Waals surface area (Å²) < 4.78 is 33.7. The van der Waals surface area contributed by atoms with Crippen molar-refractivity contribution in [2.24, 2.45) is 0 Å². The molecule has 27 heavy (non-hydrogen) atoms. The number of hydrogen-bond acceptors (Lipinski definition) is 6. The fourth-order valence-electron chi connectivity index (χ4n) is 3.20. The zero-order chi connectivity index (χ0) is 19.8. The number of furan rings is 1. The third kappa shape index (κ3) is 4.32. The van der Waals surface area contributed by atoms with Gasteiger partial charge in [0.2, 0.25) is 0 Å². The Balaban J connectivity index is 1.59. The quantitative estimate of drug-likeness (QED) is 0.778. The van der Waals surface area contributed by atoms with Gasteiger partial charge < -0.3 is 14.5 Å². The molecule has 3 rings (SSSR count). The van der Waals surface area contributed by atoms with Crippen LogP contribution in [0.2, 0.25) is 0 Å². The van der Waals surface area contributed by atoms with Crippen LogP contribution in [0.3, 0.4) is 0 Å². The zero-order valence-electron chi connectivity index (χ0n) is 15.6. The molecular formula is C19H23NO6S. The predicted octanol–water partition coefficient (Wildman–Crippen LogP) is 1.83. The maximum atomic E-state index is 12.2. The van der Waals surface area contributed by atoms with E-state index in [1.54, 1.807) is 0 Å². The Morgan fingerprint density at radius 1 is 1.33 bits per heavy atom. The van der Waals surface area contributed by atoms with E-state index in [-0.39, 0.29) is 17.9 Å². The summed E-state index contributed by atoms with van der Waals surface area (Å²) in [4.78, 5) is 24.4. The second-order valence-corrected chi connectivity index (χ2v) is 9.29. The molecule has 2 aromatic rings. The van der Waals surface area contributed by atoms with Gasteiger partial charge >= 0.3 is 5.97 Å². The molecule has 7 nitrogen and oxygen atoms in total. The molecule has 1 aromatic heterocycles. The first-order valence-corrected chi connectivity index (χ1v) is 10.6. The summed E-state index contributed by atoms with van der Waals surface area (Å²) >= 11 is 0. The van der Waals surface area contributed by atoms with E-state index in [2.05, 4.69) is 5.32 Å². The Bertz CT molecular complexity index is 991. The molecule has 0 bridgehead atoms. The Hall–Kier alpha value is -2.35. The first kappa shape index (κ1) is 19.4.